The van der Waals surface area contributed by atoms with Gasteiger partial charge in [0.25, 0.3) is 0 Å². The molecule has 0 saturated heterocycles. The van der Waals surface area contributed by atoms with Crippen LogP contribution < -0.4 is 0 Å². The summed E-state index contributed by atoms with van der Waals surface area (Å²) in [7, 11) is 0. The first-order chi connectivity index (χ1) is 6.18. The monoisotopic (exact) mass is 176 g/mol. The van der Waals surface area contributed by atoms with E-state index in [4.69, 9.17) is 5.11 Å². The van der Waals surface area contributed by atoms with Crippen LogP contribution in [0.3, 0.4) is 0 Å². The average Bonchev–Trinajstić information content (AvgIpc) is 2.47. The Morgan fingerprint density at radius 3 is 3.08 bits per heavy atom. The van der Waals surface area contributed by atoms with Crippen molar-refractivity contribution in [3.63, 3.8) is 0 Å². The number of aromatic amines is 1. The summed E-state index contributed by atoms with van der Waals surface area (Å²) in [6, 6.07) is 1.57. The molecule has 0 radical (unpaired) electrons. The van der Waals surface area contributed by atoms with E-state index in [1.807, 2.05) is 13.1 Å². The number of nitrogens with one attached hydrogen (secondary N) is 1. The predicted octanol–water partition coefficient (Wildman–Crippen LogP) is 1.57. The van der Waals surface area contributed by atoms with Gasteiger partial charge in [0, 0.05) is 11.6 Å². The molecule has 2 N–H and O–H groups in total. The van der Waals surface area contributed by atoms with Crippen molar-refractivity contribution in [2.45, 2.75) is 6.92 Å². The number of pyridine rings is 1. The average molecular weight is 176 g/mol. The van der Waals surface area contributed by atoms with Gasteiger partial charge in [0.1, 0.15) is 5.69 Å². The fraction of sp³-hybridized carbons (Fsp3) is 0.111. The number of carboxylic acids is 1. The van der Waals surface area contributed by atoms with E-state index in [1.54, 1.807) is 6.07 Å². The molecule has 0 fully saturated rings. The van der Waals surface area contributed by atoms with Crippen molar-refractivity contribution in [3.05, 3.63) is 29.7 Å². The lowest BCUT2D eigenvalue weighted by molar-refractivity contribution is 0.0691. The van der Waals surface area contributed by atoms with Crippen molar-refractivity contribution < 1.29 is 9.90 Å². The SMILES string of the molecule is Cc1c[nH]c2cnc(C(=O)O)cc12. The highest BCUT2D eigenvalue weighted by Gasteiger charge is 2.06. The second kappa shape index (κ2) is 2.58. The molecule has 0 bridgehead atoms. The van der Waals surface area contributed by atoms with Gasteiger partial charge < -0.3 is 10.1 Å². The number of hydrogen-bond donors (Lipinski definition) is 2. The van der Waals surface area contributed by atoms with Crippen molar-refractivity contribution in [1.29, 1.82) is 0 Å². The minimum atomic E-state index is -0.998. The third-order valence-electron chi connectivity index (χ3n) is 1.99. The Kier molecular flexibility index (Phi) is 1.55. The van der Waals surface area contributed by atoms with Crippen LogP contribution in [0.5, 0.6) is 0 Å². The molecule has 13 heavy (non-hydrogen) atoms. The summed E-state index contributed by atoms with van der Waals surface area (Å²) in [6.07, 6.45) is 3.36. The first-order valence-electron chi connectivity index (χ1n) is 3.85. The first-order valence-corrected chi connectivity index (χ1v) is 3.85. The molecule has 0 spiro atoms. The fourth-order valence-electron chi connectivity index (χ4n) is 1.28. The van der Waals surface area contributed by atoms with E-state index in [2.05, 4.69) is 9.97 Å². The van der Waals surface area contributed by atoms with Crippen LogP contribution in [-0.4, -0.2) is 21.0 Å². The highest BCUT2D eigenvalue weighted by Crippen LogP contribution is 2.16. The van der Waals surface area contributed by atoms with E-state index in [0.717, 1.165) is 16.5 Å². The van der Waals surface area contributed by atoms with Gasteiger partial charge in [0.05, 0.1) is 11.7 Å². The maximum absolute atomic E-state index is 10.6. The largest absolute Gasteiger partial charge is 0.477 e. The van der Waals surface area contributed by atoms with Crippen LogP contribution in [-0.2, 0) is 0 Å². The molecule has 0 aromatic carbocycles. The molecular formula is C9H8N2O2. The number of carboxylic acid groups (broad SMARTS) is 1. The molecule has 2 heterocycles. The van der Waals surface area contributed by atoms with Gasteiger partial charge >= 0.3 is 5.97 Å². The van der Waals surface area contributed by atoms with Crippen molar-refractivity contribution in [1.82, 2.24) is 9.97 Å². The molecule has 66 valence electrons. The number of aromatic carboxylic acids is 1. The molecule has 2 aromatic heterocycles. The highest BCUT2D eigenvalue weighted by molar-refractivity contribution is 5.92. The minimum absolute atomic E-state index is 0.0789. The van der Waals surface area contributed by atoms with E-state index < -0.39 is 5.97 Å². The van der Waals surface area contributed by atoms with Gasteiger partial charge in [-0.1, -0.05) is 0 Å². The number of aromatic nitrogens is 2. The molecule has 4 nitrogen and oxygen atoms in total. The first kappa shape index (κ1) is 7.79. The third kappa shape index (κ3) is 1.16. The quantitative estimate of drug-likeness (QED) is 0.693. The Balaban J connectivity index is 2.72. The summed E-state index contributed by atoms with van der Waals surface area (Å²) >= 11 is 0. The molecule has 0 amide bonds. The third-order valence-corrected chi connectivity index (χ3v) is 1.99. The lowest BCUT2D eigenvalue weighted by Gasteiger charge is -1.94. The number of rotatable bonds is 1. The van der Waals surface area contributed by atoms with Crippen LogP contribution in [0, 0.1) is 6.92 Å². The lowest BCUT2D eigenvalue weighted by Crippen LogP contribution is -1.98. The van der Waals surface area contributed by atoms with Gasteiger partial charge in [-0.2, -0.15) is 0 Å². The maximum atomic E-state index is 10.6. The van der Waals surface area contributed by atoms with Gasteiger partial charge in [0.15, 0.2) is 0 Å². The van der Waals surface area contributed by atoms with E-state index in [-0.39, 0.29) is 5.69 Å². The summed E-state index contributed by atoms with van der Waals surface area (Å²) in [5, 5.41) is 9.61. The highest BCUT2D eigenvalue weighted by atomic mass is 16.4. The summed E-state index contributed by atoms with van der Waals surface area (Å²) in [4.78, 5) is 17.4. The van der Waals surface area contributed by atoms with E-state index in [9.17, 15) is 4.79 Å². The topological polar surface area (TPSA) is 66.0 Å². The zero-order chi connectivity index (χ0) is 9.42. The summed E-state index contributed by atoms with van der Waals surface area (Å²) in [5.41, 5.74) is 1.97. The normalized spacial score (nSPS) is 10.5. The number of nitrogens with zero attached hydrogens (tertiary/aromatic N) is 1. The van der Waals surface area contributed by atoms with Crippen LogP contribution in [0.4, 0.5) is 0 Å². The van der Waals surface area contributed by atoms with Crippen LogP contribution in [0.1, 0.15) is 16.1 Å². The van der Waals surface area contributed by atoms with Gasteiger partial charge in [-0.05, 0) is 18.6 Å². The smallest absolute Gasteiger partial charge is 0.354 e. The Morgan fingerprint density at radius 1 is 1.62 bits per heavy atom. The summed E-state index contributed by atoms with van der Waals surface area (Å²) in [6.45, 7) is 1.92. The number of H-pyrrole nitrogens is 1. The number of hydrogen-bond acceptors (Lipinski definition) is 2. The zero-order valence-electron chi connectivity index (χ0n) is 7.03. The van der Waals surface area contributed by atoms with E-state index in [1.165, 1.54) is 6.20 Å². The molecule has 0 aliphatic carbocycles. The molecule has 0 atom stereocenters. The van der Waals surface area contributed by atoms with Crippen LogP contribution in [0.15, 0.2) is 18.5 Å². The number of fused-ring (bicyclic) bond motifs is 1. The standard InChI is InChI=1S/C9H8N2O2/c1-5-3-10-8-4-11-7(9(12)13)2-6(5)8/h2-4,10H,1H3,(H,12,13). The zero-order valence-corrected chi connectivity index (χ0v) is 7.03. The molecule has 4 heteroatoms. The van der Waals surface area contributed by atoms with Gasteiger partial charge in [-0.15, -0.1) is 0 Å². The van der Waals surface area contributed by atoms with Crippen molar-refractivity contribution >= 4 is 16.9 Å². The second-order valence-electron chi connectivity index (χ2n) is 2.89. The van der Waals surface area contributed by atoms with Crippen LogP contribution >= 0.6 is 0 Å². The predicted molar refractivity (Wildman–Crippen MR) is 47.8 cm³/mol. The van der Waals surface area contributed by atoms with E-state index in [0.29, 0.717) is 0 Å². The van der Waals surface area contributed by atoms with Gasteiger partial charge in [-0.25, -0.2) is 9.78 Å². The molecule has 0 unspecified atom stereocenters. The summed E-state index contributed by atoms with van der Waals surface area (Å²) < 4.78 is 0. The molecule has 0 aliphatic heterocycles. The molecule has 2 aromatic rings. The number of carbonyl (C=O) groups is 1. The molecule has 2 rings (SSSR count). The van der Waals surface area contributed by atoms with Crippen molar-refractivity contribution in [2.75, 3.05) is 0 Å². The lowest BCUT2D eigenvalue weighted by atomic mass is 10.2. The Hall–Kier alpha value is -1.84. The van der Waals surface area contributed by atoms with E-state index >= 15 is 0 Å². The maximum Gasteiger partial charge on any atom is 0.354 e. The van der Waals surface area contributed by atoms with Crippen LogP contribution in [0.25, 0.3) is 10.9 Å². The summed E-state index contributed by atoms with van der Waals surface area (Å²) in [5.74, 6) is -0.998. The minimum Gasteiger partial charge on any atom is -0.477 e. The molecular weight excluding hydrogens is 168 g/mol. The fourth-order valence-corrected chi connectivity index (χ4v) is 1.28. The van der Waals surface area contributed by atoms with Crippen molar-refractivity contribution in [3.8, 4) is 0 Å². The molecule has 0 aliphatic rings. The van der Waals surface area contributed by atoms with Gasteiger partial charge in [0.2, 0.25) is 0 Å². The second-order valence-corrected chi connectivity index (χ2v) is 2.89. The van der Waals surface area contributed by atoms with Gasteiger partial charge in [-0.3, -0.25) is 0 Å². The Labute approximate surface area is 74.2 Å². The molecule has 0 saturated carbocycles. The van der Waals surface area contributed by atoms with Crippen molar-refractivity contribution in [2.24, 2.45) is 0 Å². The Morgan fingerprint density at radius 2 is 2.38 bits per heavy atom. The number of aryl methyl sites for hydroxylation is 1. The van der Waals surface area contributed by atoms with Crippen LogP contribution in [0.2, 0.25) is 0 Å². The Bertz CT molecular complexity index is 473.